The van der Waals surface area contributed by atoms with E-state index in [0.717, 1.165) is 32.7 Å². The van der Waals surface area contributed by atoms with E-state index in [9.17, 15) is 5.11 Å². The number of hydrogen-bond acceptors (Lipinski definition) is 2. The highest BCUT2D eigenvalue weighted by Gasteiger charge is 2.32. The molecule has 136 valence electrons. The molecule has 0 saturated carbocycles. The molecule has 4 nitrogen and oxygen atoms in total. The van der Waals surface area contributed by atoms with Gasteiger partial charge in [0.1, 0.15) is 18.7 Å². The summed E-state index contributed by atoms with van der Waals surface area (Å²) in [5.74, 6) is 0. The molecule has 0 aliphatic rings. The minimum Gasteiger partial charge on any atom is -0.390 e. The summed E-state index contributed by atoms with van der Waals surface area (Å²) in [5.41, 5.74) is 2.18. The Kier molecular flexibility index (Phi) is 7.44. The lowest BCUT2D eigenvalue weighted by Crippen LogP contribution is -3.19. The molecule has 0 fully saturated rings. The van der Waals surface area contributed by atoms with Gasteiger partial charge in [-0.3, -0.25) is 0 Å². The average Bonchev–Trinajstić information content (AvgIpc) is 3.08. The van der Waals surface area contributed by atoms with Crippen LogP contribution in [0.5, 0.6) is 0 Å². The number of aromatic nitrogens is 1. The van der Waals surface area contributed by atoms with Crippen LogP contribution in [-0.4, -0.2) is 42.1 Å². The number of benzene rings is 1. The molecule has 0 saturated heterocycles. The molecule has 1 aromatic heterocycles. The Morgan fingerprint density at radius 3 is 2.64 bits per heavy atom. The highest BCUT2D eigenvalue weighted by atomic mass is 16.5. The molecule has 0 radical (unpaired) electrons. The Morgan fingerprint density at radius 2 is 2.00 bits per heavy atom. The van der Waals surface area contributed by atoms with Crippen LogP contribution in [0, 0.1) is 0 Å². The normalized spacial score (nSPS) is 14.8. The summed E-state index contributed by atoms with van der Waals surface area (Å²) < 4.78 is 7.49. The molecule has 2 N–H and O–H groups in total. The van der Waals surface area contributed by atoms with Crippen molar-refractivity contribution in [2.75, 3.05) is 26.9 Å². The second kappa shape index (κ2) is 9.56. The minimum atomic E-state index is -0.365. The number of methoxy groups -OCH3 is 1. The molecule has 2 rings (SSSR count). The summed E-state index contributed by atoms with van der Waals surface area (Å²) in [5, 5.41) is 9.92. The fourth-order valence-electron chi connectivity index (χ4n) is 3.09. The zero-order chi connectivity index (χ0) is 18.1. The maximum atomic E-state index is 9.92. The molecule has 2 aromatic rings. The molecule has 0 amide bonds. The van der Waals surface area contributed by atoms with E-state index in [1.807, 2.05) is 12.1 Å². The Morgan fingerprint density at radius 1 is 1.24 bits per heavy atom. The van der Waals surface area contributed by atoms with Crippen LogP contribution in [0.1, 0.15) is 24.6 Å². The van der Waals surface area contributed by atoms with E-state index in [-0.39, 0.29) is 12.1 Å². The first-order valence-corrected chi connectivity index (χ1v) is 8.89. The van der Waals surface area contributed by atoms with E-state index in [4.69, 9.17) is 4.74 Å². The summed E-state index contributed by atoms with van der Waals surface area (Å²) >= 11 is 0. The van der Waals surface area contributed by atoms with E-state index in [0.29, 0.717) is 0 Å². The summed E-state index contributed by atoms with van der Waals surface area (Å²) in [4.78, 5) is 1.30. The molecule has 1 aromatic carbocycles. The van der Waals surface area contributed by atoms with Crippen LogP contribution < -0.4 is 4.90 Å². The average molecular weight is 343 g/mol. The number of aliphatic hydroxyl groups excluding tert-OH is 1. The van der Waals surface area contributed by atoms with Crippen molar-refractivity contribution in [3.05, 3.63) is 72.6 Å². The molecular weight excluding hydrogens is 312 g/mol. The molecule has 0 bridgehead atoms. The number of hydrogen-bond donors (Lipinski definition) is 2. The van der Waals surface area contributed by atoms with Crippen molar-refractivity contribution < 1.29 is 14.7 Å². The van der Waals surface area contributed by atoms with E-state index in [1.165, 1.54) is 16.2 Å². The lowest BCUT2D eigenvalue weighted by atomic mass is 10.0. The van der Waals surface area contributed by atoms with Crippen molar-refractivity contribution in [3.63, 3.8) is 0 Å². The number of ether oxygens (including phenoxy) is 1. The first-order valence-electron chi connectivity index (χ1n) is 8.89. The fourth-order valence-corrected chi connectivity index (χ4v) is 3.09. The van der Waals surface area contributed by atoms with Crippen molar-refractivity contribution in [1.29, 1.82) is 0 Å². The quantitative estimate of drug-likeness (QED) is 0.483. The second-order valence-corrected chi connectivity index (χ2v) is 6.77. The van der Waals surface area contributed by atoms with Gasteiger partial charge in [0, 0.05) is 26.3 Å². The maximum absolute atomic E-state index is 9.92. The summed E-state index contributed by atoms with van der Waals surface area (Å²) in [7, 11) is 1.73. The number of nitrogens with zero attached hydrogens (tertiary/aromatic N) is 1. The van der Waals surface area contributed by atoms with E-state index < -0.39 is 0 Å². The molecule has 4 heteroatoms. The zero-order valence-electron chi connectivity index (χ0n) is 15.4. The molecule has 1 unspecified atom stereocenters. The Bertz CT molecular complexity index is 638. The summed E-state index contributed by atoms with van der Waals surface area (Å²) in [6.07, 6.45) is 4.95. The Labute approximate surface area is 151 Å². The molecule has 25 heavy (non-hydrogen) atoms. The van der Waals surface area contributed by atoms with E-state index in [1.54, 1.807) is 7.11 Å². The minimum absolute atomic E-state index is 0.0816. The van der Waals surface area contributed by atoms with Crippen molar-refractivity contribution in [2.45, 2.75) is 32.0 Å². The van der Waals surface area contributed by atoms with Gasteiger partial charge in [-0.25, -0.2) is 0 Å². The van der Waals surface area contributed by atoms with Crippen LogP contribution >= 0.6 is 0 Å². The highest BCUT2D eigenvalue weighted by Crippen LogP contribution is 2.08. The van der Waals surface area contributed by atoms with Gasteiger partial charge in [0.25, 0.3) is 0 Å². The lowest BCUT2D eigenvalue weighted by Gasteiger charge is -2.34. The predicted molar refractivity (Wildman–Crippen MR) is 102 cm³/mol. The molecule has 1 heterocycles. The van der Waals surface area contributed by atoms with Crippen molar-refractivity contribution >= 4 is 0 Å². The molecule has 0 aliphatic heterocycles. The molecule has 2 atom stereocenters. The molecule has 0 spiro atoms. The van der Waals surface area contributed by atoms with E-state index >= 15 is 0 Å². The largest absolute Gasteiger partial charge is 0.390 e. The van der Waals surface area contributed by atoms with Gasteiger partial charge in [-0.15, -0.1) is 0 Å². The third-order valence-electron chi connectivity index (χ3n) is 4.93. The Balaban J connectivity index is 2.15. The predicted octanol–water partition coefficient (Wildman–Crippen LogP) is 1.89. The van der Waals surface area contributed by atoms with Crippen LogP contribution in [0.3, 0.4) is 0 Å². The van der Waals surface area contributed by atoms with Crippen molar-refractivity contribution in [3.8, 4) is 0 Å². The smallest absolute Gasteiger partial charge is 0.137 e. The second-order valence-electron chi connectivity index (χ2n) is 6.77. The number of aliphatic hydroxyl groups is 1. The molecular formula is C21H31N2O2+. The number of nitrogens with one attached hydrogen (secondary N) is 1. The number of quaternary nitrogens is 1. The topological polar surface area (TPSA) is 38.8 Å². The summed E-state index contributed by atoms with van der Waals surface area (Å²) in [6, 6.07) is 14.7. The third kappa shape index (κ3) is 5.30. The van der Waals surface area contributed by atoms with Gasteiger partial charge < -0.3 is 19.3 Å². The monoisotopic (exact) mass is 343 g/mol. The van der Waals surface area contributed by atoms with Gasteiger partial charge in [0.05, 0.1) is 18.8 Å². The maximum Gasteiger partial charge on any atom is 0.137 e. The van der Waals surface area contributed by atoms with E-state index in [2.05, 4.69) is 60.7 Å². The fraction of sp³-hybridized carbons (Fsp3) is 0.429. The van der Waals surface area contributed by atoms with Gasteiger partial charge in [-0.05, 0) is 30.7 Å². The van der Waals surface area contributed by atoms with Crippen LogP contribution in [0.15, 0.2) is 61.3 Å². The highest BCUT2D eigenvalue weighted by molar-refractivity contribution is 5.17. The van der Waals surface area contributed by atoms with Crippen molar-refractivity contribution in [2.24, 2.45) is 0 Å². The van der Waals surface area contributed by atoms with Crippen LogP contribution in [0.4, 0.5) is 0 Å². The summed E-state index contributed by atoms with van der Waals surface area (Å²) in [6.45, 7) is 9.45. The zero-order valence-corrected chi connectivity index (χ0v) is 15.4. The first-order chi connectivity index (χ1) is 12.1. The standard InChI is InChI=1S/C21H30N2O2/c1-4-21(2,18-24)23(14-9-15-25-3)17-20-12-8-13-22(20)16-19-10-6-5-7-11-19/h4-8,10-13,24H,1,9,14-18H2,2-3H3/p+1/t21-/m1/s1. The first kappa shape index (κ1) is 19.4. The molecule has 0 aliphatic carbocycles. The van der Waals surface area contributed by atoms with Crippen LogP contribution in [0.2, 0.25) is 0 Å². The van der Waals surface area contributed by atoms with Gasteiger partial charge in [0.2, 0.25) is 0 Å². The lowest BCUT2D eigenvalue weighted by molar-refractivity contribution is -0.957. The van der Waals surface area contributed by atoms with Gasteiger partial charge in [-0.2, -0.15) is 0 Å². The van der Waals surface area contributed by atoms with Gasteiger partial charge in [0.15, 0.2) is 0 Å². The third-order valence-corrected chi connectivity index (χ3v) is 4.93. The number of rotatable bonds is 11. The van der Waals surface area contributed by atoms with Gasteiger partial charge >= 0.3 is 0 Å². The van der Waals surface area contributed by atoms with Gasteiger partial charge in [-0.1, -0.05) is 36.9 Å². The van der Waals surface area contributed by atoms with Crippen LogP contribution in [-0.2, 0) is 17.8 Å². The van der Waals surface area contributed by atoms with Crippen LogP contribution in [0.25, 0.3) is 0 Å². The Hall–Kier alpha value is -1.88. The van der Waals surface area contributed by atoms with Crippen molar-refractivity contribution in [1.82, 2.24) is 4.57 Å². The SMILES string of the molecule is C=C[C@](C)(CO)[NH+](CCCOC)Cc1cccn1Cc1ccccc1.